The molecule has 1 fully saturated rings. The van der Waals surface area contributed by atoms with E-state index in [-0.39, 0.29) is 18.3 Å². The van der Waals surface area contributed by atoms with E-state index >= 15 is 0 Å². The van der Waals surface area contributed by atoms with Crippen LogP contribution in [-0.2, 0) is 19.5 Å². The average molecular weight is 290 g/mol. The van der Waals surface area contributed by atoms with E-state index in [1.807, 2.05) is 0 Å². The van der Waals surface area contributed by atoms with E-state index in [0.717, 1.165) is 6.07 Å². The molecule has 106 valence electrons. The third-order valence-electron chi connectivity index (χ3n) is 2.65. The molecule has 1 aliphatic rings. The van der Waals surface area contributed by atoms with Crippen LogP contribution in [0.25, 0.3) is 0 Å². The topological polar surface area (TPSA) is 90.7 Å². The molecule has 1 aromatic rings. The van der Waals surface area contributed by atoms with E-state index in [1.165, 1.54) is 12.1 Å². The SMILES string of the molecule is Nc1cccc(F)c1S(=O)(=O)NCC1COCCO1. The molecule has 3 N–H and O–H groups in total. The van der Waals surface area contributed by atoms with Crippen LogP contribution in [0.3, 0.4) is 0 Å². The lowest BCUT2D eigenvalue weighted by molar-refractivity contribution is -0.0846. The fraction of sp³-hybridized carbons (Fsp3) is 0.455. The lowest BCUT2D eigenvalue weighted by Gasteiger charge is -2.23. The van der Waals surface area contributed by atoms with Gasteiger partial charge in [-0.15, -0.1) is 0 Å². The number of halogens is 1. The highest BCUT2D eigenvalue weighted by molar-refractivity contribution is 7.89. The Balaban J connectivity index is 2.09. The third kappa shape index (κ3) is 3.41. The maximum atomic E-state index is 13.6. The van der Waals surface area contributed by atoms with Crippen LogP contribution < -0.4 is 10.5 Å². The molecule has 8 heteroatoms. The number of sulfonamides is 1. The molecule has 0 aliphatic carbocycles. The zero-order chi connectivity index (χ0) is 13.9. The van der Waals surface area contributed by atoms with Crippen molar-refractivity contribution in [2.24, 2.45) is 0 Å². The molecule has 2 rings (SSSR count). The highest BCUT2D eigenvalue weighted by Gasteiger charge is 2.24. The number of hydrogen-bond donors (Lipinski definition) is 2. The third-order valence-corrected chi connectivity index (χ3v) is 4.17. The highest BCUT2D eigenvalue weighted by atomic mass is 32.2. The van der Waals surface area contributed by atoms with E-state index in [9.17, 15) is 12.8 Å². The van der Waals surface area contributed by atoms with Gasteiger partial charge >= 0.3 is 0 Å². The minimum Gasteiger partial charge on any atom is -0.398 e. The molecule has 0 spiro atoms. The van der Waals surface area contributed by atoms with Crippen LogP contribution in [0.5, 0.6) is 0 Å². The second-order valence-electron chi connectivity index (χ2n) is 4.08. The van der Waals surface area contributed by atoms with Crippen molar-refractivity contribution in [1.82, 2.24) is 4.72 Å². The second kappa shape index (κ2) is 5.83. The van der Waals surface area contributed by atoms with Gasteiger partial charge < -0.3 is 15.2 Å². The van der Waals surface area contributed by atoms with Crippen molar-refractivity contribution in [3.8, 4) is 0 Å². The number of nitrogens with one attached hydrogen (secondary N) is 1. The summed E-state index contributed by atoms with van der Waals surface area (Å²) in [6.07, 6.45) is -0.378. The van der Waals surface area contributed by atoms with Gasteiger partial charge in [0.15, 0.2) is 0 Å². The van der Waals surface area contributed by atoms with E-state index in [0.29, 0.717) is 19.8 Å². The van der Waals surface area contributed by atoms with Gasteiger partial charge in [-0.2, -0.15) is 0 Å². The molecule has 1 heterocycles. The van der Waals surface area contributed by atoms with Gasteiger partial charge in [-0.3, -0.25) is 0 Å². The Hall–Kier alpha value is -1.22. The first-order valence-electron chi connectivity index (χ1n) is 5.74. The van der Waals surface area contributed by atoms with Crippen molar-refractivity contribution in [3.63, 3.8) is 0 Å². The summed E-state index contributed by atoms with van der Waals surface area (Å²) in [5.41, 5.74) is 5.37. The summed E-state index contributed by atoms with van der Waals surface area (Å²) in [6.45, 7) is 1.21. The van der Waals surface area contributed by atoms with Crippen molar-refractivity contribution in [1.29, 1.82) is 0 Å². The molecule has 1 atom stereocenters. The zero-order valence-corrected chi connectivity index (χ0v) is 11.0. The Morgan fingerprint density at radius 3 is 2.84 bits per heavy atom. The van der Waals surface area contributed by atoms with Crippen LogP contribution in [0.1, 0.15) is 0 Å². The van der Waals surface area contributed by atoms with Crippen LogP contribution in [0.15, 0.2) is 23.1 Å². The minimum atomic E-state index is -4.01. The van der Waals surface area contributed by atoms with Crippen molar-refractivity contribution in [3.05, 3.63) is 24.0 Å². The highest BCUT2D eigenvalue weighted by Crippen LogP contribution is 2.21. The molecule has 1 unspecified atom stereocenters. The Bertz CT molecular complexity index is 523. The van der Waals surface area contributed by atoms with Gasteiger partial charge in [-0.25, -0.2) is 17.5 Å². The quantitative estimate of drug-likeness (QED) is 0.768. The number of nitrogen functional groups attached to an aromatic ring is 1. The number of nitrogens with two attached hydrogens (primary N) is 1. The maximum absolute atomic E-state index is 13.6. The van der Waals surface area contributed by atoms with Crippen molar-refractivity contribution in [2.45, 2.75) is 11.0 Å². The summed E-state index contributed by atoms with van der Waals surface area (Å²) >= 11 is 0. The molecule has 0 saturated carbocycles. The van der Waals surface area contributed by atoms with Crippen molar-refractivity contribution in [2.75, 3.05) is 32.1 Å². The largest absolute Gasteiger partial charge is 0.398 e. The normalized spacial score (nSPS) is 20.4. The summed E-state index contributed by atoms with van der Waals surface area (Å²) in [5, 5.41) is 0. The van der Waals surface area contributed by atoms with Crippen LogP contribution in [0.2, 0.25) is 0 Å². The Kier molecular flexibility index (Phi) is 4.35. The molecule has 0 radical (unpaired) electrons. The summed E-state index contributed by atoms with van der Waals surface area (Å²) in [5.74, 6) is -0.881. The fourth-order valence-corrected chi connectivity index (χ4v) is 2.99. The summed E-state index contributed by atoms with van der Waals surface area (Å²) < 4.78 is 50.2. The Morgan fingerprint density at radius 2 is 2.21 bits per heavy atom. The van der Waals surface area contributed by atoms with Gasteiger partial charge in [0.25, 0.3) is 0 Å². The Morgan fingerprint density at radius 1 is 1.42 bits per heavy atom. The summed E-state index contributed by atoms with van der Waals surface area (Å²) in [7, 11) is -4.01. The molecule has 0 bridgehead atoms. The predicted octanol–water partition coefficient (Wildman–Crippen LogP) is 0.102. The number of hydrogen-bond acceptors (Lipinski definition) is 5. The number of rotatable bonds is 4. The van der Waals surface area contributed by atoms with E-state index in [1.54, 1.807) is 0 Å². The van der Waals surface area contributed by atoms with Gasteiger partial charge in [0.05, 0.1) is 31.6 Å². The van der Waals surface area contributed by atoms with Gasteiger partial charge in [0.1, 0.15) is 10.7 Å². The van der Waals surface area contributed by atoms with Gasteiger partial charge in [0.2, 0.25) is 10.0 Å². The van der Waals surface area contributed by atoms with Crippen LogP contribution in [0, 0.1) is 5.82 Å². The van der Waals surface area contributed by atoms with Crippen LogP contribution >= 0.6 is 0 Å². The first-order chi connectivity index (χ1) is 9.00. The molecular weight excluding hydrogens is 275 g/mol. The minimum absolute atomic E-state index is 0.0100. The van der Waals surface area contributed by atoms with Crippen LogP contribution in [0.4, 0.5) is 10.1 Å². The number of benzene rings is 1. The summed E-state index contributed by atoms with van der Waals surface area (Å²) in [6, 6.07) is 3.73. The van der Waals surface area contributed by atoms with E-state index in [4.69, 9.17) is 15.2 Å². The summed E-state index contributed by atoms with van der Waals surface area (Å²) in [4.78, 5) is -0.535. The van der Waals surface area contributed by atoms with Crippen molar-refractivity contribution >= 4 is 15.7 Å². The lowest BCUT2D eigenvalue weighted by atomic mass is 10.3. The van der Waals surface area contributed by atoms with Gasteiger partial charge in [-0.05, 0) is 12.1 Å². The predicted molar refractivity (Wildman–Crippen MR) is 66.6 cm³/mol. The maximum Gasteiger partial charge on any atom is 0.245 e. The monoisotopic (exact) mass is 290 g/mol. The lowest BCUT2D eigenvalue weighted by Crippen LogP contribution is -2.40. The zero-order valence-electron chi connectivity index (χ0n) is 10.1. The Labute approximate surface area is 110 Å². The fourth-order valence-electron chi connectivity index (χ4n) is 1.74. The number of ether oxygens (including phenoxy) is 2. The molecule has 1 aromatic carbocycles. The van der Waals surface area contributed by atoms with Crippen LogP contribution in [-0.4, -0.2) is 40.9 Å². The number of anilines is 1. The van der Waals surface area contributed by atoms with Gasteiger partial charge in [0, 0.05) is 6.54 Å². The first kappa shape index (κ1) is 14.2. The molecule has 1 aliphatic heterocycles. The van der Waals surface area contributed by atoms with Crippen molar-refractivity contribution < 1.29 is 22.3 Å². The van der Waals surface area contributed by atoms with Gasteiger partial charge in [-0.1, -0.05) is 6.07 Å². The average Bonchev–Trinajstić information content (AvgIpc) is 2.37. The smallest absolute Gasteiger partial charge is 0.245 e. The molecule has 0 aromatic heterocycles. The molecular formula is C11H15FN2O4S. The second-order valence-corrected chi connectivity index (χ2v) is 5.78. The molecule has 0 amide bonds. The molecule has 1 saturated heterocycles. The molecule has 6 nitrogen and oxygen atoms in total. The van der Waals surface area contributed by atoms with E-state index < -0.39 is 20.7 Å². The standard InChI is InChI=1S/C11H15FN2O4S/c12-9-2-1-3-10(13)11(9)19(15,16)14-6-8-7-17-4-5-18-8/h1-3,8,14H,4-7,13H2. The first-order valence-corrected chi connectivity index (χ1v) is 7.22. The molecule has 19 heavy (non-hydrogen) atoms. The van der Waals surface area contributed by atoms with E-state index in [2.05, 4.69) is 4.72 Å².